The summed E-state index contributed by atoms with van der Waals surface area (Å²) in [5.41, 5.74) is 3.10. The highest BCUT2D eigenvalue weighted by molar-refractivity contribution is 6.46. The lowest BCUT2D eigenvalue weighted by molar-refractivity contribution is -0.119. The molecule has 1 amide bonds. The monoisotopic (exact) mass is 391 g/mol. The lowest BCUT2D eigenvalue weighted by Gasteiger charge is -2.11. The summed E-state index contributed by atoms with van der Waals surface area (Å²) < 4.78 is 0. The number of nitrogens with zero attached hydrogens (tertiary/aromatic N) is 2. The maximum absolute atomic E-state index is 12.5. The second-order valence-corrected chi connectivity index (χ2v) is 8.14. The Hall–Kier alpha value is -2.86. The molecule has 2 heterocycles. The van der Waals surface area contributed by atoms with Crippen LogP contribution in [0.15, 0.2) is 47.6 Å². The predicted molar refractivity (Wildman–Crippen MR) is 110 cm³/mol. The number of benzene rings is 1. The minimum absolute atomic E-state index is 0.142. The molecule has 6 nitrogen and oxygen atoms in total. The Bertz CT molecular complexity index is 965. The third kappa shape index (κ3) is 4.59. The summed E-state index contributed by atoms with van der Waals surface area (Å²) in [7, 11) is 0. The van der Waals surface area contributed by atoms with E-state index < -0.39 is 5.60 Å². The quantitative estimate of drug-likeness (QED) is 0.722. The first kappa shape index (κ1) is 19.5. The lowest BCUT2D eigenvalue weighted by Crippen LogP contribution is -2.37. The Balaban J connectivity index is 1.35. The number of nitrogens with one attached hydrogen (secondary N) is 1. The summed E-state index contributed by atoms with van der Waals surface area (Å²) in [5, 5.41) is 12.6. The number of carbonyl (C=O) groups excluding carboxylic acids is 2. The van der Waals surface area contributed by atoms with Crippen molar-refractivity contribution in [2.45, 2.75) is 50.7 Å². The van der Waals surface area contributed by atoms with Gasteiger partial charge in [-0.25, -0.2) is 0 Å². The molecule has 0 bridgehead atoms. The Kier molecular flexibility index (Phi) is 5.28. The van der Waals surface area contributed by atoms with Gasteiger partial charge in [0.25, 0.3) is 5.91 Å². The van der Waals surface area contributed by atoms with Crippen molar-refractivity contribution in [3.8, 4) is 0 Å². The third-order valence-electron chi connectivity index (χ3n) is 5.61. The number of rotatable bonds is 8. The van der Waals surface area contributed by atoms with Crippen LogP contribution in [-0.2, 0) is 22.6 Å². The molecule has 0 unspecified atom stereocenters. The van der Waals surface area contributed by atoms with Crippen molar-refractivity contribution in [1.29, 1.82) is 0 Å². The van der Waals surface area contributed by atoms with Crippen LogP contribution >= 0.6 is 0 Å². The number of amides is 1. The second kappa shape index (κ2) is 7.87. The van der Waals surface area contributed by atoms with Crippen molar-refractivity contribution >= 4 is 17.4 Å². The van der Waals surface area contributed by atoms with E-state index in [0.717, 1.165) is 24.0 Å². The number of fused-ring (bicyclic) bond motifs is 1. The smallest absolute Gasteiger partial charge is 0.270 e. The van der Waals surface area contributed by atoms with E-state index in [1.807, 2.05) is 36.4 Å². The number of carbonyl (C=O) groups is 2. The van der Waals surface area contributed by atoms with Gasteiger partial charge in [-0.05, 0) is 36.0 Å². The number of hydrogen-bond donors (Lipinski definition) is 2. The first-order valence-corrected chi connectivity index (χ1v) is 10.0. The molecule has 29 heavy (non-hydrogen) atoms. The van der Waals surface area contributed by atoms with Gasteiger partial charge in [-0.1, -0.05) is 37.3 Å². The number of aliphatic imine (C=N–C) groups is 1. The average Bonchev–Trinajstić information content (AvgIpc) is 3.31. The van der Waals surface area contributed by atoms with Crippen molar-refractivity contribution in [2.75, 3.05) is 6.54 Å². The Morgan fingerprint density at radius 1 is 1.24 bits per heavy atom. The summed E-state index contributed by atoms with van der Waals surface area (Å²) in [6.45, 7) is 2.71. The van der Waals surface area contributed by atoms with Gasteiger partial charge in [-0.3, -0.25) is 19.6 Å². The molecule has 2 aromatic rings. The minimum atomic E-state index is -0.739. The lowest BCUT2D eigenvalue weighted by atomic mass is 9.94. The summed E-state index contributed by atoms with van der Waals surface area (Å²) in [6, 6.07) is 11.9. The SMILES string of the molecule is C[C@@H](CC(=O)Cc1cc2c(cn1)C(C(=O)NCC1(O)CC1)=NC2)c1ccccc1. The Morgan fingerprint density at radius 3 is 2.72 bits per heavy atom. The van der Waals surface area contributed by atoms with E-state index >= 15 is 0 Å². The molecule has 6 heteroatoms. The van der Waals surface area contributed by atoms with Crippen LogP contribution in [0, 0.1) is 0 Å². The van der Waals surface area contributed by atoms with Crippen molar-refractivity contribution in [3.63, 3.8) is 0 Å². The Morgan fingerprint density at radius 2 is 2.00 bits per heavy atom. The first-order valence-electron chi connectivity index (χ1n) is 10.0. The van der Waals surface area contributed by atoms with Gasteiger partial charge in [-0.15, -0.1) is 0 Å². The fourth-order valence-corrected chi connectivity index (χ4v) is 3.60. The van der Waals surface area contributed by atoms with Gasteiger partial charge < -0.3 is 10.4 Å². The molecule has 1 aliphatic carbocycles. The second-order valence-electron chi connectivity index (χ2n) is 8.14. The molecule has 1 aromatic carbocycles. The standard InChI is InChI=1S/C23H25N3O3/c1-15(16-5-3-2-4-6-16)9-19(27)11-18-10-17-12-25-21(20(17)13-24-18)22(28)26-14-23(29)7-8-23/h2-6,10,13,15,29H,7-9,11-12,14H2,1H3,(H,26,28)/t15-/m0/s1. The molecular weight excluding hydrogens is 366 g/mol. The number of ketones is 1. The van der Waals surface area contributed by atoms with E-state index in [1.54, 1.807) is 6.20 Å². The minimum Gasteiger partial charge on any atom is -0.388 e. The van der Waals surface area contributed by atoms with Gasteiger partial charge in [-0.2, -0.15) is 0 Å². The summed E-state index contributed by atoms with van der Waals surface area (Å²) >= 11 is 0. The third-order valence-corrected chi connectivity index (χ3v) is 5.61. The van der Waals surface area contributed by atoms with Gasteiger partial charge in [0, 0.05) is 36.8 Å². The van der Waals surface area contributed by atoms with E-state index in [-0.39, 0.29) is 30.6 Å². The van der Waals surface area contributed by atoms with E-state index in [4.69, 9.17) is 0 Å². The molecule has 1 saturated carbocycles. The van der Waals surface area contributed by atoms with E-state index in [2.05, 4.69) is 22.2 Å². The molecule has 1 fully saturated rings. The van der Waals surface area contributed by atoms with Gasteiger partial charge in [0.2, 0.25) is 0 Å². The molecule has 0 saturated heterocycles. The zero-order valence-corrected chi connectivity index (χ0v) is 16.5. The van der Waals surface area contributed by atoms with E-state index in [1.165, 1.54) is 0 Å². The van der Waals surface area contributed by atoms with Crippen LogP contribution in [0.5, 0.6) is 0 Å². The number of Topliss-reactive ketones (excluding diaryl/α,β-unsaturated/α-hetero) is 1. The summed E-state index contributed by atoms with van der Waals surface area (Å²) in [4.78, 5) is 33.6. The molecule has 1 aromatic heterocycles. The van der Waals surface area contributed by atoms with Gasteiger partial charge in [0.05, 0.1) is 12.1 Å². The van der Waals surface area contributed by atoms with Crippen LogP contribution in [-0.4, -0.2) is 39.6 Å². The first-order chi connectivity index (χ1) is 13.9. The maximum atomic E-state index is 12.5. The molecule has 150 valence electrons. The zero-order chi connectivity index (χ0) is 20.4. The van der Waals surface area contributed by atoms with Crippen molar-refractivity contribution in [1.82, 2.24) is 10.3 Å². The molecule has 2 N–H and O–H groups in total. The van der Waals surface area contributed by atoms with Crippen LogP contribution in [0.4, 0.5) is 0 Å². The maximum Gasteiger partial charge on any atom is 0.270 e. The highest BCUT2D eigenvalue weighted by atomic mass is 16.3. The molecule has 1 aliphatic heterocycles. The van der Waals surface area contributed by atoms with Crippen LogP contribution in [0.1, 0.15) is 54.5 Å². The highest BCUT2D eigenvalue weighted by Gasteiger charge is 2.40. The van der Waals surface area contributed by atoms with Crippen molar-refractivity contribution in [2.24, 2.45) is 4.99 Å². The van der Waals surface area contributed by atoms with Crippen LogP contribution < -0.4 is 5.32 Å². The molecule has 1 atom stereocenters. The van der Waals surface area contributed by atoms with Gasteiger partial charge >= 0.3 is 0 Å². The molecular formula is C23H25N3O3. The van der Waals surface area contributed by atoms with Crippen LogP contribution in [0.25, 0.3) is 0 Å². The molecule has 0 radical (unpaired) electrons. The van der Waals surface area contributed by atoms with Crippen molar-refractivity contribution in [3.05, 3.63) is 65.0 Å². The Labute approximate surface area is 170 Å². The van der Waals surface area contributed by atoms with Crippen molar-refractivity contribution < 1.29 is 14.7 Å². The van der Waals surface area contributed by atoms with Crippen LogP contribution in [0.2, 0.25) is 0 Å². The zero-order valence-electron chi connectivity index (χ0n) is 16.5. The van der Waals surface area contributed by atoms with Gasteiger partial charge in [0.15, 0.2) is 0 Å². The summed E-state index contributed by atoms with van der Waals surface area (Å²) in [6.07, 6.45) is 3.82. The number of aliphatic hydroxyl groups is 1. The van der Waals surface area contributed by atoms with Gasteiger partial charge in [0.1, 0.15) is 11.5 Å². The normalized spacial score (nSPS) is 17.2. The topological polar surface area (TPSA) is 91.7 Å². The van der Waals surface area contributed by atoms with E-state index in [9.17, 15) is 14.7 Å². The number of hydrogen-bond acceptors (Lipinski definition) is 5. The number of pyridine rings is 1. The fraction of sp³-hybridized carbons (Fsp3) is 0.391. The van der Waals surface area contributed by atoms with E-state index in [0.29, 0.717) is 29.9 Å². The predicted octanol–water partition coefficient (Wildman–Crippen LogP) is 2.33. The fourth-order valence-electron chi connectivity index (χ4n) is 3.60. The average molecular weight is 391 g/mol. The van der Waals surface area contributed by atoms with Crippen LogP contribution in [0.3, 0.4) is 0 Å². The molecule has 4 rings (SSSR count). The number of aromatic nitrogens is 1. The largest absolute Gasteiger partial charge is 0.388 e. The molecule has 2 aliphatic rings. The molecule has 0 spiro atoms. The summed E-state index contributed by atoms with van der Waals surface area (Å²) in [5.74, 6) is 0.0211. The highest BCUT2D eigenvalue weighted by Crippen LogP contribution is 2.34.